The number of piperidine rings is 1. The number of aromatic nitrogens is 2. The van der Waals surface area contributed by atoms with Crippen LogP contribution in [0.3, 0.4) is 0 Å². The summed E-state index contributed by atoms with van der Waals surface area (Å²) in [4.78, 5) is 25.2. The van der Waals surface area contributed by atoms with Crippen LogP contribution >= 0.6 is 0 Å². The number of hydrogen-bond donors (Lipinski definition) is 1. The number of anilines is 1. The first-order valence-electron chi connectivity index (χ1n) is 9.39. The lowest BCUT2D eigenvalue weighted by molar-refractivity contribution is 0.161. The Kier molecular flexibility index (Phi) is 4.59. The van der Waals surface area contributed by atoms with Gasteiger partial charge in [0.05, 0.1) is 12.3 Å². The topological polar surface area (TPSA) is 61.5 Å². The molecular formula is C18H28N4O2. The molecule has 0 aromatic carbocycles. The lowest BCUT2D eigenvalue weighted by Crippen LogP contribution is -2.42. The maximum Gasteiger partial charge on any atom is 0.255 e. The Labute approximate surface area is 143 Å². The fourth-order valence-corrected chi connectivity index (χ4v) is 4.28. The molecule has 6 nitrogen and oxygen atoms in total. The summed E-state index contributed by atoms with van der Waals surface area (Å²) in [6.45, 7) is 7.80. The molecule has 2 unspecified atom stereocenters. The van der Waals surface area contributed by atoms with Gasteiger partial charge in [-0.1, -0.05) is 0 Å². The molecule has 0 radical (unpaired) electrons. The van der Waals surface area contributed by atoms with Crippen molar-refractivity contribution in [2.45, 2.75) is 51.6 Å². The maximum atomic E-state index is 12.5. The van der Waals surface area contributed by atoms with Crippen LogP contribution in [0.5, 0.6) is 0 Å². The van der Waals surface area contributed by atoms with Crippen LogP contribution in [0.1, 0.15) is 43.9 Å². The normalized spacial score (nSPS) is 28.1. The molecule has 0 spiro atoms. The lowest BCUT2D eigenvalue weighted by Gasteiger charge is -2.35. The summed E-state index contributed by atoms with van der Waals surface area (Å²) in [5, 5.41) is 0. The first kappa shape index (κ1) is 16.1. The number of rotatable bonds is 3. The Morgan fingerprint density at radius 2 is 2.21 bits per heavy atom. The van der Waals surface area contributed by atoms with E-state index in [-0.39, 0.29) is 5.56 Å². The van der Waals surface area contributed by atoms with E-state index in [1.807, 2.05) is 0 Å². The van der Waals surface area contributed by atoms with Crippen molar-refractivity contribution >= 4 is 5.95 Å². The van der Waals surface area contributed by atoms with Crippen molar-refractivity contribution in [3.8, 4) is 0 Å². The Morgan fingerprint density at radius 3 is 3.00 bits per heavy atom. The van der Waals surface area contributed by atoms with Crippen LogP contribution < -0.4 is 10.5 Å². The van der Waals surface area contributed by atoms with Crippen molar-refractivity contribution in [3.63, 3.8) is 0 Å². The van der Waals surface area contributed by atoms with Gasteiger partial charge in [0.1, 0.15) is 0 Å². The third-order valence-electron chi connectivity index (χ3n) is 5.76. The minimum atomic E-state index is 0.0663. The van der Waals surface area contributed by atoms with Crippen LogP contribution in [0.2, 0.25) is 0 Å². The van der Waals surface area contributed by atoms with Crippen molar-refractivity contribution < 1.29 is 4.74 Å². The molecule has 3 aliphatic rings. The number of H-pyrrole nitrogens is 1. The van der Waals surface area contributed by atoms with Gasteiger partial charge in [-0.15, -0.1) is 0 Å². The van der Waals surface area contributed by atoms with Crippen LogP contribution in [0, 0.1) is 5.92 Å². The summed E-state index contributed by atoms with van der Waals surface area (Å²) in [6.07, 6.45) is 5.58. The molecule has 132 valence electrons. The van der Waals surface area contributed by atoms with E-state index in [1.165, 1.54) is 19.3 Å². The molecule has 3 aliphatic heterocycles. The molecule has 2 atom stereocenters. The van der Waals surface area contributed by atoms with Gasteiger partial charge in [-0.25, -0.2) is 4.98 Å². The van der Waals surface area contributed by atoms with E-state index in [9.17, 15) is 4.79 Å². The van der Waals surface area contributed by atoms with Crippen LogP contribution in [0.15, 0.2) is 4.79 Å². The highest BCUT2D eigenvalue weighted by molar-refractivity contribution is 5.36. The predicted molar refractivity (Wildman–Crippen MR) is 93.4 cm³/mol. The zero-order chi connectivity index (χ0) is 16.5. The molecule has 2 fully saturated rings. The van der Waals surface area contributed by atoms with Crippen molar-refractivity contribution in [3.05, 3.63) is 21.6 Å². The number of nitrogens with one attached hydrogen (secondary N) is 1. The molecule has 6 heteroatoms. The smallest absolute Gasteiger partial charge is 0.255 e. The third kappa shape index (κ3) is 3.22. The second-order valence-corrected chi connectivity index (χ2v) is 7.57. The fraction of sp³-hybridized carbons (Fsp3) is 0.778. The number of hydrogen-bond acceptors (Lipinski definition) is 5. The summed E-state index contributed by atoms with van der Waals surface area (Å²) >= 11 is 0. The Hall–Kier alpha value is -1.40. The van der Waals surface area contributed by atoms with Crippen molar-refractivity contribution in [2.75, 3.05) is 37.7 Å². The molecule has 2 saturated heterocycles. The molecule has 0 amide bonds. The standard InChI is InChI=1S/C18H28N4O2/c1-13-4-2-3-7-22(13)18-19-16-11-21(10-14-6-9-24-12-14)8-5-15(16)17(23)20-18/h13-14H,2-12H2,1H3,(H,19,20,23). The van der Waals surface area contributed by atoms with Gasteiger partial charge in [0.2, 0.25) is 5.95 Å². The van der Waals surface area contributed by atoms with E-state index >= 15 is 0 Å². The van der Waals surface area contributed by atoms with E-state index in [2.05, 4.69) is 21.7 Å². The molecule has 1 aromatic rings. The van der Waals surface area contributed by atoms with E-state index in [0.29, 0.717) is 12.0 Å². The largest absolute Gasteiger partial charge is 0.381 e. The summed E-state index contributed by atoms with van der Waals surface area (Å²) in [5.41, 5.74) is 1.94. The predicted octanol–water partition coefficient (Wildman–Crippen LogP) is 1.54. The molecule has 4 heterocycles. The minimum Gasteiger partial charge on any atom is -0.381 e. The van der Waals surface area contributed by atoms with E-state index in [4.69, 9.17) is 9.72 Å². The molecule has 0 bridgehead atoms. The second-order valence-electron chi connectivity index (χ2n) is 7.57. The average molecular weight is 332 g/mol. The van der Waals surface area contributed by atoms with Gasteiger partial charge in [0, 0.05) is 44.4 Å². The summed E-state index contributed by atoms with van der Waals surface area (Å²) in [7, 11) is 0. The van der Waals surface area contributed by atoms with Gasteiger partial charge in [0.25, 0.3) is 5.56 Å². The maximum absolute atomic E-state index is 12.5. The van der Waals surface area contributed by atoms with Crippen LogP contribution in [-0.4, -0.2) is 53.8 Å². The molecule has 24 heavy (non-hydrogen) atoms. The number of fused-ring (bicyclic) bond motifs is 1. The van der Waals surface area contributed by atoms with Gasteiger partial charge in [-0.3, -0.25) is 14.7 Å². The highest BCUT2D eigenvalue weighted by Crippen LogP contribution is 2.24. The van der Waals surface area contributed by atoms with E-state index in [0.717, 1.165) is 69.4 Å². The monoisotopic (exact) mass is 332 g/mol. The molecular weight excluding hydrogens is 304 g/mol. The van der Waals surface area contributed by atoms with E-state index in [1.54, 1.807) is 0 Å². The van der Waals surface area contributed by atoms with Crippen molar-refractivity contribution in [1.29, 1.82) is 0 Å². The highest BCUT2D eigenvalue weighted by Gasteiger charge is 2.27. The summed E-state index contributed by atoms with van der Waals surface area (Å²) in [5.74, 6) is 1.41. The minimum absolute atomic E-state index is 0.0663. The first-order valence-corrected chi connectivity index (χ1v) is 9.39. The quantitative estimate of drug-likeness (QED) is 0.910. The van der Waals surface area contributed by atoms with Crippen molar-refractivity contribution in [1.82, 2.24) is 14.9 Å². The van der Waals surface area contributed by atoms with Crippen LogP contribution in [0.4, 0.5) is 5.95 Å². The number of aromatic amines is 1. The van der Waals surface area contributed by atoms with Gasteiger partial charge >= 0.3 is 0 Å². The summed E-state index contributed by atoms with van der Waals surface area (Å²) in [6, 6.07) is 0.454. The molecule has 1 N–H and O–H groups in total. The zero-order valence-corrected chi connectivity index (χ0v) is 14.6. The third-order valence-corrected chi connectivity index (χ3v) is 5.76. The average Bonchev–Trinajstić information content (AvgIpc) is 3.08. The Morgan fingerprint density at radius 1 is 1.29 bits per heavy atom. The fourth-order valence-electron chi connectivity index (χ4n) is 4.28. The van der Waals surface area contributed by atoms with Gasteiger partial charge in [-0.2, -0.15) is 0 Å². The number of nitrogens with zero attached hydrogens (tertiary/aromatic N) is 3. The lowest BCUT2D eigenvalue weighted by atomic mass is 10.0. The molecule has 0 saturated carbocycles. The Balaban J connectivity index is 1.53. The van der Waals surface area contributed by atoms with Crippen molar-refractivity contribution in [2.24, 2.45) is 5.92 Å². The molecule has 4 rings (SSSR count). The Bertz CT molecular complexity index is 638. The van der Waals surface area contributed by atoms with Crippen LogP contribution in [0.25, 0.3) is 0 Å². The van der Waals surface area contributed by atoms with E-state index < -0.39 is 0 Å². The van der Waals surface area contributed by atoms with Gasteiger partial charge in [0.15, 0.2) is 0 Å². The van der Waals surface area contributed by atoms with Crippen LogP contribution in [-0.2, 0) is 17.7 Å². The highest BCUT2D eigenvalue weighted by atomic mass is 16.5. The van der Waals surface area contributed by atoms with Gasteiger partial charge in [-0.05, 0) is 44.9 Å². The number of ether oxygens (including phenoxy) is 1. The van der Waals surface area contributed by atoms with Gasteiger partial charge < -0.3 is 9.64 Å². The molecule has 0 aliphatic carbocycles. The second kappa shape index (κ2) is 6.84. The molecule has 1 aromatic heterocycles. The SMILES string of the molecule is CC1CCCCN1c1nc2c(c(=O)[nH]1)CCN(CC1CCOC1)C2. The first-order chi connectivity index (χ1) is 11.7. The zero-order valence-electron chi connectivity index (χ0n) is 14.6. The summed E-state index contributed by atoms with van der Waals surface area (Å²) < 4.78 is 5.49.